The first-order valence-electron chi connectivity index (χ1n) is 5.42. The van der Waals surface area contributed by atoms with Crippen LogP contribution in [-0.4, -0.2) is 16.6 Å². The van der Waals surface area contributed by atoms with Crippen molar-refractivity contribution in [1.29, 1.82) is 0 Å². The molecule has 0 aliphatic heterocycles. The van der Waals surface area contributed by atoms with Gasteiger partial charge in [-0.15, -0.1) is 6.58 Å². The fourth-order valence-electron chi connectivity index (χ4n) is 1.18. The fraction of sp³-hybridized carbons (Fsp3) is 0.500. The average molecular weight is 241 g/mol. The van der Waals surface area contributed by atoms with Gasteiger partial charge in [0.05, 0.1) is 6.61 Å². The number of hydrogen-bond acceptors (Lipinski definition) is 3. The molecule has 0 radical (unpaired) electrons. The maximum Gasteiger partial charge on any atom is 0.218 e. The van der Waals surface area contributed by atoms with Crippen LogP contribution < -0.4 is 4.74 Å². The lowest BCUT2D eigenvalue weighted by Crippen LogP contribution is -2.03. The third-order valence-electron chi connectivity index (χ3n) is 1.97. The van der Waals surface area contributed by atoms with Gasteiger partial charge in [-0.05, 0) is 13.3 Å². The van der Waals surface area contributed by atoms with Gasteiger partial charge in [0.2, 0.25) is 5.88 Å². The highest BCUT2D eigenvalue weighted by Gasteiger charge is 2.03. The molecule has 0 amide bonds. The van der Waals surface area contributed by atoms with Crippen LogP contribution in [0.2, 0.25) is 5.15 Å². The highest BCUT2D eigenvalue weighted by molar-refractivity contribution is 6.29. The van der Waals surface area contributed by atoms with Crippen molar-refractivity contribution in [3.05, 3.63) is 29.2 Å². The van der Waals surface area contributed by atoms with Crippen molar-refractivity contribution >= 4 is 11.6 Å². The lowest BCUT2D eigenvalue weighted by atomic mass is 10.3. The molecule has 88 valence electrons. The number of hydrogen-bond donors (Lipinski definition) is 0. The monoisotopic (exact) mass is 240 g/mol. The molecule has 4 heteroatoms. The van der Waals surface area contributed by atoms with E-state index in [9.17, 15) is 0 Å². The Morgan fingerprint density at radius 1 is 1.50 bits per heavy atom. The Kier molecular flexibility index (Phi) is 5.26. The molecule has 0 spiro atoms. The zero-order chi connectivity index (χ0) is 12.0. The van der Waals surface area contributed by atoms with E-state index in [0.717, 1.165) is 30.7 Å². The van der Waals surface area contributed by atoms with Gasteiger partial charge in [-0.2, -0.15) is 4.98 Å². The molecule has 16 heavy (non-hydrogen) atoms. The second-order valence-electron chi connectivity index (χ2n) is 3.75. The lowest BCUT2D eigenvalue weighted by Gasteiger charge is -2.06. The minimum Gasteiger partial charge on any atom is -0.477 e. The van der Waals surface area contributed by atoms with Gasteiger partial charge in [-0.1, -0.05) is 24.1 Å². The minimum atomic E-state index is 0.434. The molecular weight excluding hydrogens is 224 g/mol. The van der Waals surface area contributed by atoms with Gasteiger partial charge in [0.1, 0.15) is 11.0 Å². The van der Waals surface area contributed by atoms with Crippen LogP contribution in [0.4, 0.5) is 0 Å². The number of ether oxygens (including phenoxy) is 1. The summed E-state index contributed by atoms with van der Waals surface area (Å²) < 4.78 is 5.49. The van der Waals surface area contributed by atoms with Gasteiger partial charge >= 0.3 is 0 Å². The second kappa shape index (κ2) is 6.48. The summed E-state index contributed by atoms with van der Waals surface area (Å²) in [7, 11) is 0. The number of aryl methyl sites for hydroxylation is 1. The predicted octanol–water partition coefficient (Wildman–Crippen LogP) is 3.43. The molecule has 1 aromatic rings. The Morgan fingerprint density at radius 2 is 2.25 bits per heavy atom. The van der Waals surface area contributed by atoms with E-state index >= 15 is 0 Å². The lowest BCUT2D eigenvalue weighted by molar-refractivity contribution is 0.307. The molecule has 0 fully saturated rings. The number of nitrogens with zero attached hydrogens (tertiary/aromatic N) is 2. The van der Waals surface area contributed by atoms with Gasteiger partial charge in [0.25, 0.3) is 0 Å². The van der Waals surface area contributed by atoms with Crippen LogP contribution in [-0.2, 0) is 6.42 Å². The number of halogens is 1. The van der Waals surface area contributed by atoms with E-state index in [1.54, 1.807) is 6.07 Å². The maximum atomic E-state index is 5.88. The van der Waals surface area contributed by atoms with Crippen molar-refractivity contribution in [1.82, 2.24) is 9.97 Å². The van der Waals surface area contributed by atoms with Crippen molar-refractivity contribution in [2.75, 3.05) is 6.61 Å². The van der Waals surface area contributed by atoms with Crippen molar-refractivity contribution in [2.24, 2.45) is 0 Å². The van der Waals surface area contributed by atoms with E-state index in [2.05, 4.69) is 23.5 Å². The van der Waals surface area contributed by atoms with Gasteiger partial charge in [-0.25, -0.2) is 4.98 Å². The highest BCUT2D eigenvalue weighted by Crippen LogP contribution is 2.15. The molecule has 0 saturated heterocycles. The smallest absolute Gasteiger partial charge is 0.218 e. The molecule has 0 atom stereocenters. The summed E-state index contributed by atoms with van der Waals surface area (Å²) in [6.07, 6.45) is 2.63. The summed E-state index contributed by atoms with van der Waals surface area (Å²) in [5.41, 5.74) is 1.09. The molecule has 0 N–H and O–H groups in total. The Balaban J connectivity index is 2.61. The van der Waals surface area contributed by atoms with Crippen molar-refractivity contribution < 1.29 is 4.74 Å². The standard InChI is InChI=1S/C12H17ClN2O/c1-4-5-11-14-10(13)8-12(15-11)16-7-6-9(2)3/h8H,2,4-7H2,1,3H3. The van der Waals surface area contributed by atoms with Crippen LogP contribution in [0.15, 0.2) is 18.2 Å². The van der Waals surface area contributed by atoms with Gasteiger partial charge < -0.3 is 4.74 Å². The molecule has 3 nitrogen and oxygen atoms in total. The van der Waals surface area contributed by atoms with E-state index in [-0.39, 0.29) is 0 Å². The Hall–Kier alpha value is -1.09. The quantitative estimate of drug-likeness (QED) is 0.565. The number of aromatic nitrogens is 2. The van der Waals surface area contributed by atoms with E-state index in [1.165, 1.54) is 0 Å². The van der Waals surface area contributed by atoms with Crippen LogP contribution in [0.1, 0.15) is 32.5 Å². The third-order valence-corrected chi connectivity index (χ3v) is 2.16. The molecule has 1 rings (SSSR count). The van der Waals surface area contributed by atoms with Gasteiger partial charge in [-0.3, -0.25) is 0 Å². The molecular formula is C12H17ClN2O. The Labute approximate surface area is 102 Å². The van der Waals surface area contributed by atoms with Crippen molar-refractivity contribution in [3.8, 4) is 5.88 Å². The van der Waals surface area contributed by atoms with Crippen LogP contribution >= 0.6 is 11.6 Å². The summed E-state index contributed by atoms with van der Waals surface area (Å²) in [5.74, 6) is 1.28. The first kappa shape index (κ1) is 13.0. The average Bonchev–Trinajstić information content (AvgIpc) is 2.16. The predicted molar refractivity (Wildman–Crippen MR) is 66.0 cm³/mol. The van der Waals surface area contributed by atoms with Crippen molar-refractivity contribution in [2.45, 2.75) is 33.1 Å². The molecule has 1 heterocycles. The van der Waals surface area contributed by atoms with Crippen molar-refractivity contribution in [3.63, 3.8) is 0 Å². The normalized spacial score (nSPS) is 10.2. The molecule has 0 aliphatic rings. The van der Waals surface area contributed by atoms with E-state index in [1.807, 2.05) is 6.92 Å². The minimum absolute atomic E-state index is 0.434. The van der Waals surface area contributed by atoms with E-state index in [0.29, 0.717) is 17.6 Å². The zero-order valence-corrected chi connectivity index (χ0v) is 10.5. The largest absolute Gasteiger partial charge is 0.477 e. The van der Waals surface area contributed by atoms with Crippen LogP contribution in [0, 0.1) is 0 Å². The summed E-state index contributed by atoms with van der Waals surface area (Å²) in [6.45, 7) is 8.44. The Bertz CT molecular complexity index is 366. The highest BCUT2D eigenvalue weighted by atomic mass is 35.5. The molecule has 0 aliphatic carbocycles. The molecule has 0 bridgehead atoms. The topological polar surface area (TPSA) is 35.0 Å². The molecule has 0 saturated carbocycles. The van der Waals surface area contributed by atoms with Crippen LogP contribution in [0.5, 0.6) is 5.88 Å². The SMILES string of the molecule is C=C(C)CCOc1cc(Cl)nc(CCC)n1. The summed E-state index contributed by atoms with van der Waals surface area (Å²) in [4.78, 5) is 8.40. The fourth-order valence-corrected chi connectivity index (χ4v) is 1.37. The zero-order valence-electron chi connectivity index (χ0n) is 9.79. The molecule has 1 aromatic heterocycles. The summed E-state index contributed by atoms with van der Waals surface area (Å²) >= 11 is 5.88. The Morgan fingerprint density at radius 3 is 2.88 bits per heavy atom. The third kappa shape index (κ3) is 4.62. The summed E-state index contributed by atoms with van der Waals surface area (Å²) in [6, 6.07) is 1.64. The summed E-state index contributed by atoms with van der Waals surface area (Å²) in [5, 5.41) is 0.434. The maximum absolute atomic E-state index is 5.88. The van der Waals surface area contributed by atoms with Gasteiger partial charge in [0.15, 0.2) is 0 Å². The molecule has 0 aromatic carbocycles. The molecule has 0 unspecified atom stereocenters. The van der Waals surface area contributed by atoms with Crippen LogP contribution in [0.3, 0.4) is 0 Å². The van der Waals surface area contributed by atoms with Crippen LogP contribution in [0.25, 0.3) is 0 Å². The first-order valence-corrected chi connectivity index (χ1v) is 5.80. The second-order valence-corrected chi connectivity index (χ2v) is 4.14. The number of rotatable bonds is 6. The van der Waals surface area contributed by atoms with Gasteiger partial charge in [0, 0.05) is 18.9 Å². The van der Waals surface area contributed by atoms with E-state index < -0.39 is 0 Å². The first-order chi connectivity index (χ1) is 7.61. The van der Waals surface area contributed by atoms with E-state index in [4.69, 9.17) is 16.3 Å².